The molecule has 0 bridgehead atoms. The fourth-order valence-electron chi connectivity index (χ4n) is 3.76. The summed E-state index contributed by atoms with van der Waals surface area (Å²) >= 11 is 1.43. The Morgan fingerprint density at radius 2 is 1.82 bits per heavy atom. The zero-order valence-corrected chi connectivity index (χ0v) is 18.5. The molecule has 2 heterocycles. The van der Waals surface area contributed by atoms with E-state index in [1.807, 2.05) is 44.2 Å². The van der Waals surface area contributed by atoms with Gasteiger partial charge >= 0.3 is 5.97 Å². The molecular weight excluding hydrogens is 394 g/mol. The predicted molar refractivity (Wildman–Crippen MR) is 111 cm³/mol. The van der Waals surface area contributed by atoms with E-state index < -0.39 is 37.1 Å². The van der Waals surface area contributed by atoms with E-state index in [0.717, 1.165) is 5.56 Å². The summed E-state index contributed by atoms with van der Waals surface area (Å²) in [5.74, 6) is -1.60. The van der Waals surface area contributed by atoms with E-state index in [0.29, 0.717) is 0 Å². The largest absolute Gasteiger partial charge is 0.480 e. The number of amides is 2. The maximum Gasteiger partial charge on any atom is 0.327 e. The summed E-state index contributed by atoms with van der Waals surface area (Å²) in [5, 5.41) is 12.0. The minimum Gasteiger partial charge on any atom is -0.480 e. The van der Waals surface area contributed by atoms with Crippen LogP contribution in [0, 0.1) is 0 Å². The van der Waals surface area contributed by atoms with E-state index in [-0.39, 0.29) is 17.2 Å². The van der Waals surface area contributed by atoms with E-state index in [4.69, 9.17) is 0 Å². The van der Waals surface area contributed by atoms with Crippen molar-refractivity contribution >= 4 is 37.8 Å². The molecule has 0 radical (unpaired) electrons. The van der Waals surface area contributed by atoms with Crippen LogP contribution >= 0.6 is 11.8 Å². The van der Waals surface area contributed by atoms with Gasteiger partial charge < -0.3 is 20.3 Å². The lowest BCUT2D eigenvalue weighted by molar-refractivity contribution is -0.161. The van der Waals surface area contributed by atoms with E-state index in [1.54, 1.807) is 0 Å². The topological polar surface area (TPSA) is 98.7 Å². The second-order valence-corrected chi connectivity index (χ2v) is 15.4. The Kier molecular flexibility index (Phi) is 5.37. The first-order valence-corrected chi connectivity index (χ1v) is 13.7. The van der Waals surface area contributed by atoms with Gasteiger partial charge in [0.2, 0.25) is 11.8 Å². The Bertz CT molecular complexity index is 796. The van der Waals surface area contributed by atoms with Gasteiger partial charge in [0.15, 0.2) is 0 Å². The van der Waals surface area contributed by atoms with Crippen molar-refractivity contribution in [1.82, 2.24) is 15.2 Å². The van der Waals surface area contributed by atoms with Crippen LogP contribution in [0.25, 0.3) is 0 Å². The number of carboxylic acids is 1. The highest BCUT2D eigenvalue weighted by molar-refractivity contribution is 8.01. The summed E-state index contributed by atoms with van der Waals surface area (Å²) in [6.45, 7) is 9.97. The minimum absolute atomic E-state index is 0.260. The molecule has 3 rings (SSSR count). The quantitative estimate of drug-likeness (QED) is 0.478. The number of rotatable bonds is 6. The summed E-state index contributed by atoms with van der Waals surface area (Å²) in [6.07, 6.45) is 0. The Morgan fingerprint density at radius 1 is 1.21 bits per heavy atom. The van der Waals surface area contributed by atoms with Gasteiger partial charge in [-0.15, -0.1) is 11.8 Å². The molecule has 2 amide bonds. The second kappa shape index (κ2) is 7.20. The fraction of sp³-hybridized carbons (Fsp3) is 0.526. The zero-order chi connectivity index (χ0) is 20.9. The van der Waals surface area contributed by atoms with Gasteiger partial charge in [-0.3, -0.25) is 9.59 Å². The highest BCUT2D eigenvalue weighted by atomic mass is 32.2. The third-order valence-corrected chi connectivity index (χ3v) is 7.67. The first-order chi connectivity index (χ1) is 12.9. The van der Waals surface area contributed by atoms with Crippen molar-refractivity contribution in [2.24, 2.45) is 0 Å². The predicted octanol–water partition coefficient (Wildman–Crippen LogP) is 1.78. The fourth-order valence-corrected chi connectivity index (χ4v) is 6.55. The molecule has 0 aromatic heterocycles. The smallest absolute Gasteiger partial charge is 0.327 e. The maximum absolute atomic E-state index is 13.1. The van der Waals surface area contributed by atoms with Gasteiger partial charge in [-0.25, -0.2) is 4.79 Å². The SMILES string of the molecule is CC1(C)S[C@@H]2[C@H](NC(=O)C(N[Si](C)(C)C)c3ccccc3)C(=O)N2C1C(=O)O. The van der Waals surface area contributed by atoms with E-state index in [1.165, 1.54) is 16.7 Å². The highest BCUT2D eigenvalue weighted by Crippen LogP contribution is 2.50. The number of benzene rings is 1. The molecule has 1 aromatic carbocycles. The molecule has 0 aliphatic carbocycles. The standard InChI is InChI=1S/C19H27N3O4SSi/c1-19(2)14(18(25)26)22-16(24)13(17(22)27-19)20-15(23)12(21-28(3,4)5)11-9-7-6-8-10-11/h6-10,12-14,17,21H,1-5H3,(H,20,23)(H,25,26)/t12?,13-,14?,17-/m1/s1. The second-order valence-electron chi connectivity index (χ2n) is 8.82. The van der Waals surface area contributed by atoms with E-state index >= 15 is 0 Å². The molecule has 0 saturated carbocycles. The molecule has 2 aliphatic heterocycles. The van der Waals surface area contributed by atoms with Crippen LogP contribution in [0.5, 0.6) is 0 Å². The molecule has 2 aliphatic rings. The summed E-state index contributed by atoms with van der Waals surface area (Å²) < 4.78 is -0.610. The van der Waals surface area contributed by atoms with Gasteiger partial charge in [0.1, 0.15) is 31.7 Å². The van der Waals surface area contributed by atoms with Gasteiger partial charge in [-0.05, 0) is 19.4 Å². The monoisotopic (exact) mass is 421 g/mol. The third-order valence-electron chi connectivity index (χ3n) is 4.95. The zero-order valence-electron chi connectivity index (χ0n) is 16.7. The molecule has 1 aromatic rings. The van der Waals surface area contributed by atoms with Crippen molar-refractivity contribution in [2.45, 2.75) is 61.7 Å². The minimum atomic E-state index is -1.79. The normalized spacial score (nSPS) is 27.0. The van der Waals surface area contributed by atoms with Crippen molar-refractivity contribution in [1.29, 1.82) is 0 Å². The lowest BCUT2D eigenvalue weighted by Gasteiger charge is -2.44. The number of nitrogens with zero attached hydrogens (tertiary/aromatic N) is 1. The number of hydrogen-bond acceptors (Lipinski definition) is 5. The van der Waals surface area contributed by atoms with Crippen LogP contribution in [0.4, 0.5) is 0 Å². The van der Waals surface area contributed by atoms with Crippen LogP contribution in [0.3, 0.4) is 0 Å². The van der Waals surface area contributed by atoms with Crippen molar-refractivity contribution in [2.75, 3.05) is 0 Å². The molecule has 9 heteroatoms. The molecule has 2 unspecified atom stereocenters. The molecule has 3 N–H and O–H groups in total. The maximum atomic E-state index is 13.1. The first-order valence-electron chi connectivity index (χ1n) is 9.28. The number of hydrogen-bond donors (Lipinski definition) is 3. The van der Waals surface area contributed by atoms with Crippen molar-refractivity contribution in [3.8, 4) is 0 Å². The molecule has 4 atom stereocenters. The van der Waals surface area contributed by atoms with Crippen molar-refractivity contribution in [3.63, 3.8) is 0 Å². The number of fused-ring (bicyclic) bond motifs is 1. The Labute approximate surface area is 170 Å². The van der Waals surface area contributed by atoms with Crippen LogP contribution in [0.15, 0.2) is 30.3 Å². The van der Waals surface area contributed by atoms with Crippen LogP contribution in [-0.2, 0) is 14.4 Å². The van der Waals surface area contributed by atoms with Crippen LogP contribution in [0.2, 0.25) is 19.6 Å². The first kappa shape index (κ1) is 20.9. The lowest BCUT2D eigenvalue weighted by Crippen LogP contribution is -2.71. The van der Waals surface area contributed by atoms with E-state index in [2.05, 4.69) is 29.9 Å². The third kappa shape index (κ3) is 3.83. The van der Waals surface area contributed by atoms with Gasteiger partial charge in [0.05, 0.1) is 0 Å². The van der Waals surface area contributed by atoms with Crippen LogP contribution in [-0.4, -0.2) is 58.2 Å². The summed E-state index contributed by atoms with van der Waals surface area (Å²) in [4.78, 5) is 42.2. The van der Waals surface area contributed by atoms with Gasteiger partial charge in [0, 0.05) is 4.75 Å². The Morgan fingerprint density at radius 3 is 2.36 bits per heavy atom. The average molecular weight is 422 g/mol. The van der Waals surface area contributed by atoms with Gasteiger partial charge in [0.25, 0.3) is 0 Å². The molecule has 152 valence electrons. The van der Waals surface area contributed by atoms with Gasteiger partial charge in [-0.2, -0.15) is 0 Å². The average Bonchev–Trinajstić information content (AvgIpc) is 2.85. The number of β-lactam (4-membered cyclic amide) rings is 1. The summed E-state index contributed by atoms with van der Waals surface area (Å²) in [5.41, 5.74) is 0.842. The molecule has 0 spiro atoms. The van der Waals surface area contributed by atoms with Crippen LogP contribution < -0.4 is 10.3 Å². The molecule has 7 nitrogen and oxygen atoms in total. The number of carboxylic acid groups (broad SMARTS) is 1. The number of carbonyl (C=O) groups is 3. The molecular formula is C19H27N3O4SSi. The molecule has 2 saturated heterocycles. The van der Waals surface area contributed by atoms with Crippen molar-refractivity contribution < 1.29 is 19.5 Å². The number of carbonyl (C=O) groups excluding carboxylic acids is 2. The molecule has 2 fully saturated rings. The Balaban J connectivity index is 1.78. The lowest BCUT2D eigenvalue weighted by atomic mass is 9.95. The summed E-state index contributed by atoms with van der Waals surface area (Å²) in [6, 6.07) is 7.30. The van der Waals surface area contributed by atoms with E-state index in [9.17, 15) is 19.5 Å². The van der Waals surface area contributed by atoms with Crippen LogP contribution in [0.1, 0.15) is 25.5 Å². The van der Waals surface area contributed by atoms with Gasteiger partial charge in [-0.1, -0.05) is 50.0 Å². The summed E-state index contributed by atoms with van der Waals surface area (Å²) in [7, 11) is -1.79. The number of nitrogens with one attached hydrogen (secondary N) is 2. The number of thioether (sulfide) groups is 1. The number of aliphatic carboxylic acids is 1. The Hall–Kier alpha value is -1.84. The molecule has 28 heavy (non-hydrogen) atoms. The highest BCUT2D eigenvalue weighted by Gasteiger charge is 2.64. The van der Waals surface area contributed by atoms with Crippen molar-refractivity contribution in [3.05, 3.63) is 35.9 Å².